The summed E-state index contributed by atoms with van der Waals surface area (Å²) in [6.45, 7) is 1.38. The Morgan fingerprint density at radius 1 is 1.07 bits per heavy atom. The number of hydrogen-bond donors (Lipinski definition) is 1. The Labute approximate surface area is 240 Å². The van der Waals surface area contributed by atoms with E-state index in [4.69, 9.17) is 25.8 Å². The largest absolute Gasteiger partial charge is 0.495 e. The van der Waals surface area contributed by atoms with Crippen LogP contribution in [0.4, 0.5) is 14.9 Å². The lowest BCUT2D eigenvalue weighted by atomic mass is 10.1. The topological polar surface area (TPSA) is 148 Å². The first-order valence-corrected chi connectivity index (χ1v) is 13.0. The van der Waals surface area contributed by atoms with E-state index in [1.807, 2.05) is 6.07 Å². The van der Waals surface area contributed by atoms with E-state index < -0.39 is 24.0 Å². The SMILES string of the molecule is COC(=O)c1ncc(NC(=O)OC(C)COc2nc3sc(-c4cc(Cl)cc5cc(OC)cnc45)nc3cc2F)cn1. The number of esters is 1. The van der Waals surface area contributed by atoms with Crippen LogP contribution in [0.3, 0.4) is 0 Å². The monoisotopic (exact) mass is 598 g/mol. The molecule has 0 aliphatic carbocycles. The second-order valence-corrected chi connectivity index (χ2v) is 9.87. The third-order valence-corrected chi connectivity index (χ3v) is 6.74. The highest BCUT2D eigenvalue weighted by atomic mass is 35.5. The van der Waals surface area contributed by atoms with Crippen molar-refractivity contribution in [2.45, 2.75) is 13.0 Å². The number of fused-ring (bicyclic) bond motifs is 2. The summed E-state index contributed by atoms with van der Waals surface area (Å²) in [6, 6.07) is 6.54. The number of aromatic nitrogens is 5. The number of anilines is 1. The summed E-state index contributed by atoms with van der Waals surface area (Å²) in [4.78, 5) is 44.9. The molecular weight excluding hydrogens is 579 g/mol. The number of pyridine rings is 2. The van der Waals surface area contributed by atoms with Crippen molar-refractivity contribution in [2.24, 2.45) is 0 Å². The molecule has 1 unspecified atom stereocenters. The van der Waals surface area contributed by atoms with Crippen molar-refractivity contribution < 1.29 is 32.9 Å². The maximum absolute atomic E-state index is 14.8. The summed E-state index contributed by atoms with van der Waals surface area (Å²) in [5.74, 6) is -1.29. The lowest BCUT2D eigenvalue weighted by Crippen LogP contribution is -2.25. The van der Waals surface area contributed by atoms with Crippen LogP contribution in [0.2, 0.25) is 5.02 Å². The second-order valence-electron chi connectivity index (χ2n) is 8.46. The van der Waals surface area contributed by atoms with Crippen LogP contribution in [0.25, 0.3) is 31.8 Å². The van der Waals surface area contributed by atoms with Crippen molar-refractivity contribution in [1.82, 2.24) is 24.9 Å². The van der Waals surface area contributed by atoms with Crippen LogP contribution in [0.1, 0.15) is 17.5 Å². The van der Waals surface area contributed by atoms with Gasteiger partial charge in [-0.05, 0) is 25.1 Å². The van der Waals surface area contributed by atoms with Crippen molar-refractivity contribution in [3.63, 3.8) is 0 Å². The van der Waals surface area contributed by atoms with Crippen LogP contribution in [-0.2, 0) is 9.47 Å². The number of carbonyl (C=O) groups is 2. The highest BCUT2D eigenvalue weighted by Crippen LogP contribution is 2.37. The minimum atomic E-state index is -0.827. The van der Waals surface area contributed by atoms with Crippen LogP contribution in [-0.4, -0.2) is 63.9 Å². The molecule has 0 bridgehead atoms. The van der Waals surface area contributed by atoms with E-state index in [0.29, 0.717) is 37.2 Å². The predicted molar refractivity (Wildman–Crippen MR) is 148 cm³/mol. The van der Waals surface area contributed by atoms with Crippen LogP contribution >= 0.6 is 22.9 Å². The van der Waals surface area contributed by atoms with E-state index in [2.05, 4.69) is 35.0 Å². The number of ether oxygens (including phenoxy) is 4. The number of nitrogens with zero attached hydrogens (tertiary/aromatic N) is 5. The quantitative estimate of drug-likeness (QED) is 0.232. The Morgan fingerprint density at radius 2 is 1.85 bits per heavy atom. The van der Waals surface area contributed by atoms with E-state index >= 15 is 0 Å². The molecule has 0 fully saturated rings. The number of amides is 1. The predicted octanol–water partition coefficient (Wildman–Crippen LogP) is 5.30. The van der Waals surface area contributed by atoms with Crippen molar-refractivity contribution >= 4 is 61.9 Å². The zero-order valence-electron chi connectivity index (χ0n) is 21.7. The normalized spacial score (nSPS) is 11.7. The summed E-state index contributed by atoms with van der Waals surface area (Å²) < 4.78 is 35.3. The van der Waals surface area contributed by atoms with Crippen molar-refractivity contribution in [3.05, 3.63) is 59.5 Å². The van der Waals surface area contributed by atoms with Crippen LogP contribution in [0.5, 0.6) is 11.6 Å². The number of nitrogens with one attached hydrogen (secondary N) is 1. The number of benzene rings is 1. The fourth-order valence-electron chi connectivity index (χ4n) is 3.66. The summed E-state index contributed by atoms with van der Waals surface area (Å²) in [5, 5.41) is 4.21. The van der Waals surface area contributed by atoms with E-state index in [1.165, 1.54) is 36.9 Å². The minimum Gasteiger partial charge on any atom is -0.495 e. The molecule has 0 saturated heterocycles. The molecule has 0 saturated carbocycles. The van der Waals surface area contributed by atoms with E-state index in [0.717, 1.165) is 5.39 Å². The first kappa shape index (κ1) is 27.9. The number of methoxy groups -OCH3 is 2. The third kappa shape index (κ3) is 6.23. The molecule has 5 rings (SSSR count). The molecule has 1 amide bonds. The highest BCUT2D eigenvalue weighted by molar-refractivity contribution is 7.21. The lowest BCUT2D eigenvalue weighted by Gasteiger charge is -2.14. The average Bonchev–Trinajstić information content (AvgIpc) is 3.37. The Balaban J connectivity index is 1.26. The molecule has 0 aliphatic heterocycles. The number of hydrogen-bond acceptors (Lipinski definition) is 12. The van der Waals surface area contributed by atoms with Crippen LogP contribution < -0.4 is 14.8 Å². The van der Waals surface area contributed by atoms with Gasteiger partial charge in [0, 0.05) is 22.0 Å². The standard InChI is InChI=1S/C26H20ClFN6O6S/c1-12(40-26(36)32-15-8-30-21(31-9-15)25(35)38-3)11-39-22-18(28)7-19-24(34-22)41-23(33-19)17-6-14(27)4-13-5-16(37-2)10-29-20(13)17/h4-10,12H,11H2,1-3H3,(H,32,36). The zero-order chi connectivity index (χ0) is 29.1. The van der Waals surface area contributed by atoms with Crippen molar-refractivity contribution in [2.75, 3.05) is 26.1 Å². The Hall–Kier alpha value is -4.69. The van der Waals surface area contributed by atoms with Gasteiger partial charge in [0.05, 0.1) is 44.0 Å². The summed E-state index contributed by atoms with van der Waals surface area (Å²) in [7, 11) is 2.75. The fraction of sp³-hybridized carbons (Fsp3) is 0.192. The Kier molecular flexibility index (Phi) is 8.03. The molecule has 4 heterocycles. The van der Waals surface area contributed by atoms with Gasteiger partial charge >= 0.3 is 12.1 Å². The van der Waals surface area contributed by atoms with E-state index in [1.54, 1.807) is 32.4 Å². The number of carbonyl (C=O) groups excluding carboxylic acids is 2. The highest BCUT2D eigenvalue weighted by Gasteiger charge is 2.18. The molecule has 15 heteroatoms. The summed E-state index contributed by atoms with van der Waals surface area (Å²) in [6.07, 6.45) is 2.43. The molecule has 0 radical (unpaired) electrons. The van der Waals surface area contributed by atoms with Gasteiger partial charge in [0.2, 0.25) is 5.82 Å². The lowest BCUT2D eigenvalue weighted by molar-refractivity contribution is 0.0586. The molecule has 4 aromatic heterocycles. The fourth-order valence-corrected chi connectivity index (χ4v) is 4.82. The van der Waals surface area contributed by atoms with Crippen molar-refractivity contribution in [3.8, 4) is 22.2 Å². The first-order chi connectivity index (χ1) is 19.7. The third-order valence-electron chi connectivity index (χ3n) is 5.52. The number of thiazole rings is 1. The van der Waals surface area contributed by atoms with Gasteiger partial charge in [-0.15, -0.1) is 0 Å². The smallest absolute Gasteiger partial charge is 0.412 e. The molecule has 5 aromatic rings. The van der Waals surface area contributed by atoms with Gasteiger partial charge in [0.25, 0.3) is 5.88 Å². The van der Waals surface area contributed by atoms with Gasteiger partial charge in [0.15, 0.2) is 5.82 Å². The molecular formula is C26H20ClFN6O6S. The van der Waals surface area contributed by atoms with E-state index in [-0.39, 0.29) is 24.0 Å². The Morgan fingerprint density at radius 3 is 2.59 bits per heavy atom. The van der Waals surface area contributed by atoms with Gasteiger partial charge in [-0.3, -0.25) is 10.3 Å². The van der Waals surface area contributed by atoms with Crippen molar-refractivity contribution in [1.29, 1.82) is 0 Å². The molecule has 41 heavy (non-hydrogen) atoms. The molecule has 0 aliphatic rings. The molecule has 12 nitrogen and oxygen atoms in total. The summed E-state index contributed by atoms with van der Waals surface area (Å²) >= 11 is 7.56. The van der Waals surface area contributed by atoms with E-state index in [9.17, 15) is 14.0 Å². The van der Waals surface area contributed by atoms with Crippen LogP contribution in [0, 0.1) is 5.82 Å². The van der Waals surface area contributed by atoms with Gasteiger partial charge < -0.3 is 18.9 Å². The molecule has 0 spiro atoms. The molecule has 1 aromatic carbocycles. The minimum absolute atomic E-state index is 0.161. The number of halogens is 2. The van der Waals surface area contributed by atoms with Gasteiger partial charge in [0.1, 0.15) is 33.8 Å². The Bertz CT molecular complexity index is 1770. The maximum atomic E-state index is 14.8. The van der Waals surface area contributed by atoms with Gasteiger partial charge in [-0.2, -0.15) is 4.98 Å². The first-order valence-electron chi connectivity index (χ1n) is 11.9. The number of rotatable bonds is 8. The molecule has 210 valence electrons. The summed E-state index contributed by atoms with van der Waals surface area (Å²) in [5.41, 5.74) is 1.85. The molecule has 1 atom stereocenters. The van der Waals surface area contributed by atoms with Gasteiger partial charge in [-0.1, -0.05) is 22.9 Å². The maximum Gasteiger partial charge on any atom is 0.412 e. The van der Waals surface area contributed by atoms with Crippen LogP contribution in [0.15, 0.2) is 42.9 Å². The second kappa shape index (κ2) is 11.8. The van der Waals surface area contributed by atoms with Gasteiger partial charge in [-0.25, -0.2) is 28.9 Å². The average molecular weight is 599 g/mol. The zero-order valence-corrected chi connectivity index (χ0v) is 23.2. The molecule has 1 N–H and O–H groups in total.